The lowest BCUT2D eigenvalue weighted by Crippen LogP contribution is -2.74. The number of carbonyl (C=O) groups is 1. The van der Waals surface area contributed by atoms with Gasteiger partial charge in [0.25, 0.3) is 0 Å². The zero-order chi connectivity index (χ0) is 28.9. The third-order valence-corrected chi connectivity index (χ3v) is 10.2. The maximum Gasteiger partial charge on any atom is 0.310 e. The molecule has 6 heteroatoms. The number of ether oxygens (including phenoxy) is 2. The number of phenolic OH excluding ortho intramolecular Hbond substituents is 1. The Hall–Kier alpha value is -2.31. The van der Waals surface area contributed by atoms with E-state index in [1.165, 1.54) is 57.8 Å². The van der Waals surface area contributed by atoms with Crippen molar-refractivity contribution in [3.63, 3.8) is 0 Å². The van der Waals surface area contributed by atoms with Crippen molar-refractivity contribution < 1.29 is 24.5 Å². The van der Waals surface area contributed by atoms with E-state index in [1.54, 1.807) is 6.07 Å². The minimum Gasteiger partial charge on any atom is -0.504 e. The highest BCUT2D eigenvalue weighted by Gasteiger charge is 2.72. The van der Waals surface area contributed by atoms with Crippen molar-refractivity contribution in [2.45, 2.75) is 139 Å². The summed E-state index contributed by atoms with van der Waals surface area (Å²) >= 11 is 0. The molecule has 41 heavy (non-hydrogen) atoms. The van der Waals surface area contributed by atoms with Crippen LogP contribution in [-0.2, 0) is 21.4 Å². The van der Waals surface area contributed by atoms with Gasteiger partial charge < -0.3 is 24.6 Å². The van der Waals surface area contributed by atoms with Crippen LogP contribution < -0.4 is 4.74 Å². The Morgan fingerprint density at radius 1 is 1.05 bits per heavy atom. The number of aliphatic hydroxyl groups is 1. The first-order valence-electron chi connectivity index (χ1n) is 16.4. The van der Waals surface area contributed by atoms with E-state index in [0.717, 1.165) is 43.4 Å². The Morgan fingerprint density at radius 2 is 1.73 bits per heavy atom. The summed E-state index contributed by atoms with van der Waals surface area (Å²) in [6.07, 6.45) is 24.0. The first-order chi connectivity index (χ1) is 19.9. The number of aromatic hydroxyl groups is 1. The van der Waals surface area contributed by atoms with Gasteiger partial charge in [0, 0.05) is 24.4 Å². The number of carbonyl (C=O) groups excluding carboxylic acids is 1. The minimum absolute atomic E-state index is 0.0466. The van der Waals surface area contributed by atoms with Crippen LogP contribution in [0.4, 0.5) is 0 Å². The molecule has 6 nitrogen and oxygen atoms in total. The number of likely N-dealkylation sites (N-methyl/N-ethyl adjacent to an activating group) is 1. The summed E-state index contributed by atoms with van der Waals surface area (Å²) in [4.78, 5) is 15.1. The topological polar surface area (TPSA) is 79.2 Å². The zero-order valence-electron chi connectivity index (χ0n) is 25.3. The fraction of sp³-hybridized carbons (Fsp3) is 0.686. The normalized spacial score (nSPS) is 27.9. The molecule has 4 atom stereocenters. The first-order valence-corrected chi connectivity index (χ1v) is 16.4. The Bertz CT molecular complexity index is 1130. The van der Waals surface area contributed by atoms with Gasteiger partial charge in [0.1, 0.15) is 5.76 Å². The van der Waals surface area contributed by atoms with E-state index in [1.807, 2.05) is 12.1 Å². The van der Waals surface area contributed by atoms with Gasteiger partial charge in [-0.25, -0.2) is 0 Å². The molecule has 2 N–H and O–H groups in total. The molecule has 0 radical (unpaired) electrons. The molecular weight excluding hydrogens is 514 g/mol. The monoisotopic (exact) mass is 565 g/mol. The van der Waals surface area contributed by atoms with Crippen LogP contribution in [0, 0.1) is 0 Å². The molecule has 1 fully saturated rings. The lowest BCUT2D eigenvalue weighted by atomic mass is 9.50. The summed E-state index contributed by atoms with van der Waals surface area (Å²) in [5, 5.41) is 22.8. The van der Waals surface area contributed by atoms with Gasteiger partial charge in [0.05, 0.1) is 11.0 Å². The van der Waals surface area contributed by atoms with Crippen LogP contribution >= 0.6 is 0 Å². The van der Waals surface area contributed by atoms with Gasteiger partial charge >= 0.3 is 5.97 Å². The number of piperidine rings is 1. The largest absolute Gasteiger partial charge is 0.504 e. The molecule has 4 aliphatic rings. The SMILES string of the molecule is CCCCCCCCC=CCCCCCCCC(=O)OC1=CC[C@]2(O)C3Cc4ccc(O)c5c4[C@@]2(CCN3C)[C@H]1O5. The van der Waals surface area contributed by atoms with Crippen molar-refractivity contribution in [1.29, 1.82) is 0 Å². The van der Waals surface area contributed by atoms with Crippen LogP contribution in [0.25, 0.3) is 0 Å². The van der Waals surface area contributed by atoms with Crippen molar-refractivity contribution in [3.8, 4) is 11.5 Å². The summed E-state index contributed by atoms with van der Waals surface area (Å²) < 4.78 is 12.3. The van der Waals surface area contributed by atoms with Crippen molar-refractivity contribution in [2.75, 3.05) is 13.6 Å². The lowest BCUT2D eigenvalue weighted by Gasteiger charge is -2.61. The van der Waals surface area contributed by atoms with Gasteiger partial charge in [-0.3, -0.25) is 4.79 Å². The molecule has 2 aliphatic carbocycles. The van der Waals surface area contributed by atoms with Crippen LogP contribution in [0.15, 0.2) is 36.1 Å². The van der Waals surface area contributed by atoms with E-state index < -0.39 is 17.1 Å². The van der Waals surface area contributed by atoms with E-state index in [2.05, 4.69) is 31.0 Å². The van der Waals surface area contributed by atoms with Gasteiger partial charge in [0.15, 0.2) is 17.6 Å². The van der Waals surface area contributed by atoms with E-state index in [0.29, 0.717) is 37.2 Å². The van der Waals surface area contributed by atoms with Gasteiger partial charge in [-0.15, -0.1) is 0 Å². The summed E-state index contributed by atoms with van der Waals surface area (Å²) in [7, 11) is 2.07. The molecule has 0 saturated carbocycles. The Labute approximate surface area is 246 Å². The first kappa shape index (κ1) is 30.2. The van der Waals surface area contributed by atoms with Gasteiger partial charge in [-0.05, 0) is 76.2 Å². The van der Waals surface area contributed by atoms with E-state index in [9.17, 15) is 15.0 Å². The molecule has 226 valence electrons. The molecule has 1 aromatic carbocycles. The fourth-order valence-electron chi connectivity index (χ4n) is 7.96. The molecule has 2 aliphatic heterocycles. The predicted octanol–water partition coefficient (Wildman–Crippen LogP) is 7.25. The second kappa shape index (κ2) is 13.3. The number of likely N-dealkylation sites (tertiary alicyclic amines) is 1. The van der Waals surface area contributed by atoms with Crippen molar-refractivity contribution in [1.82, 2.24) is 4.90 Å². The number of rotatable bonds is 16. The summed E-state index contributed by atoms with van der Waals surface area (Å²) in [5.41, 5.74) is 0.297. The van der Waals surface area contributed by atoms with Gasteiger partial charge in [0.2, 0.25) is 0 Å². The maximum absolute atomic E-state index is 12.9. The maximum atomic E-state index is 12.9. The van der Waals surface area contributed by atoms with E-state index in [4.69, 9.17) is 9.47 Å². The van der Waals surface area contributed by atoms with Crippen LogP contribution in [0.5, 0.6) is 11.5 Å². The number of benzene rings is 1. The summed E-state index contributed by atoms with van der Waals surface area (Å²) in [5.74, 6) is 0.806. The minimum atomic E-state index is -1.03. The molecule has 1 spiro atoms. The number of phenols is 1. The smallest absolute Gasteiger partial charge is 0.310 e. The van der Waals surface area contributed by atoms with Gasteiger partial charge in [-0.1, -0.05) is 76.5 Å². The average Bonchev–Trinajstić information content (AvgIpc) is 3.32. The average molecular weight is 566 g/mol. The molecule has 1 aromatic rings. The Kier molecular flexibility index (Phi) is 9.81. The quantitative estimate of drug-likeness (QED) is 0.125. The second-order valence-electron chi connectivity index (χ2n) is 12.9. The van der Waals surface area contributed by atoms with Crippen molar-refractivity contribution >= 4 is 5.97 Å². The Balaban J connectivity index is 1.06. The number of unbranched alkanes of at least 4 members (excludes halogenated alkanes) is 11. The number of allylic oxidation sites excluding steroid dienone is 2. The highest BCUT2D eigenvalue weighted by Crippen LogP contribution is 2.65. The number of hydrogen-bond donors (Lipinski definition) is 2. The van der Waals surface area contributed by atoms with Gasteiger partial charge in [-0.2, -0.15) is 0 Å². The standard InChI is InChI=1S/C35H51NO5/c1-3-4-5-6-7-8-9-10-11-12-13-14-15-16-17-18-30(38)40-28-21-22-35(39)29-25-26-19-20-27(37)32-31(26)34(35,33(28)41-32)23-24-36(29)2/h10-11,19-21,29,33,37,39H,3-9,12-18,22-25H2,1-2H3/t29?,33-,34-,35-/m0/s1. The van der Waals surface area contributed by atoms with Crippen LogP contribution in [0.3, 0.4) is 0 Å². The van der Waals surface area contributed by atoms with E-state index in [-0.39, 0.29) is 17.8 Å². The molecular formula is C35H51NO5. The molecule has 1 unspecified atom stereocenters. The van der Waals surface area contributed by atoms with Crippen LogP contribution in [0.2, 0.25) is 0 Å². The molecule has 0 aromatic heterocycles. The second-order valence-corrected chi connectivity index (χ2v) is 12.9. The molecule has 1 saturated heterocycles. The number of esters is 1. The fourth-order valence-corrected chi connectivity index (χ4v) is 7.96. The highest BCUT2D eigenvalue weighted by atomic mass is 16.6. The molecule has 5 rings (SSSR count). The van der Waals surface area contributed by atoms with Crippen LogP contribution in [-0.4, -0.2) is 52.4 Å². The van der Waals surface area contributed by atoms with Crippen LogP contribution in [0.1, 0.15) is 121 Å². The number of nitrogens with zero attached hydrogens (tertiary/aromatic N) is 1. The lowest BCUT2D eigenvalue weighted by molar-refractivity contribution is -0.169. The van der Waals surface area contributed by atoms with Crippen molar-refractivity contribution in [2.24, 2.45) is 0 Å². The van der Waals surface area contributed by atoms with Crippen molar-refractivity contribution in [3.05, 3.63) is 47.2 Å². The molecule has 2 heterocycles. The third kappa shape index (κ3) is 5.84. The summed E-state index contributed by atoms with van der Waals surface area (Å²) in [6.45, 7) is 3.08. The zero-order valence-corrected chi connectivity index (χ0v) is 25.3. The number of hydrogen-bond acceptors (Lipinski definition) is 6. The van der Waals surface area contributed by atoms with E-state index >= 15 is 0 Å². The molecule has 2 bridgehead atoms. The third-order valence-electron chi connectivity index (χ3n) is 10.2. The molecule has 0 amide bonds. The highest BCUT2D eigenvalue weighted by molar-refractivity contribution is 5.71. The Morgan fingerprint density at radius 3 is 2.46 bits per heavy atom. The predicted molar refractivity (Wildman–Crippen MR) is 162 cm³/mol. The summed E-state index contributed by atoms with van der Waals surface area (Å²) in [6, 6.07) is 3.60.